The molecule has 6 heteroatoms. The van der Waals surface area contributed by atoms with Crippen molar-refractivity contribution < 1.29 is 14.4 Å². The Kier molecular flexibility index (Phi) is 3.80. The van der Waals surface area contributed by atoms with Crippen molar-refractivity contribution in [2.75, 3.05) is 13.1 Å². The van der Waals surface area contributed by atoms with Crippen LogP contribution in [0.25, 0.3) is 0 Å². The molecule has 1 heterocycles. The van der Waals surface area contributed by atoms with E-state index in [1.165, 1.54) is 6.08 Å². The van der Waals surface area contributed by atoms with Crippen LogP contribution in [0, 0.1) is 0 Å². The van der Waals surface area contributed by atoms with Crippen LogP contribution >= 0.6 is 15.9 Å². The number of halogens is 1. The summed E-state index contributed by atoms with van der Waals surface area (Å²) in [5, 5.41) is 2.53. The topological polar surface area (TPSA) is 66.5 Å². The average molecular weight is 323 g/mol. The number of hydrogen-bond donors (Lipinski definition) is 1. The normalized spacial score (nSPS) is 13.4. The Balaban J connectivity index is 2.18. The molecule has 1 N–H and O–H groups in total. The lowest BCUT2D eigenvalue weighted by Crippen LogP contribution is -2.40. The predicted molar refractivity (Wildman–Crippen MR) is 72.7 cm³/mol. The van der Waals surface area contributed by atoms with E-state index < -0.39 is 17.7 Å². The molecular formula is C13H11BrN2O3. The highest BCUT2D eigenvalue weighted by molar-refractivity contribution is 9.10. The SMILES string of the molecule is C=CCNC(=O)CN1C(=O)c2ccc(Br)cc2C1=O. The smallest absolute Gasteiger partial charge is 0.262 e. The number of nitrogens with zero attached hydrogens (tertiary/aromatic N) is 1. The van der Waals surface area contributed by atoms with Gasteiger partial charge in [-0.3, -0.25) is 19.3 Å². The van der Waals surface area contributed by atoms with Crippen LogP contribution in [0.3, 0.4) is 0 Å². The van der Waals surface area contributed by atoms with Crippen LogP contribution in [0.5, 0.6) is 0 Å². The van der Waals surface area contributed by atoms with Gasteiger partial charge in [0.15, 0.2) is 0 Å². The summed E-state index contributed by atoms with van der Waals surface area (Å²) in [6.07, 6.45) is 1.53. The van der Waals surface area contributed by atoms with Crippen LogP contribution in [-0.4, -0.2) is 35.7 Å². The fourth-order valence-corrected chi connectivity index (χ4v) is 2.15. The third-order valence-corrected chi connectivity index (χ3v) is 3.17. The second-order valence-corrected chi connectivity index (χ2v) is 4.89. The van der Waals surface area contributed by atoms with E-state index in [2.05, 4.69) is 27.8 Å². The zero-order valence-corrected chi connectivity index (χ0v) is 11.6. The molecule has 0 aliphatic carbocycles. The Labute approximate surface area is 118 Å². The molecule has 1 aromatic rings. The summed E-state index contributed by atoms with van der Waals surface area (Å²) >= 11 is 3.24. The lowest BCUT2D eigenvalue weighted by Gasteiger charge is -2.12. The molecule has 0 aromatic heterocycles. The lowest BCUT2D eigenvalue weighted by atomic mass is 10.1. The zero-order valence-electron chi connectivity index (χ0n) is 9.98. The molecule has 0 saturated heterocycles. The summed E-state index contributed by atoms with van der Waals surface area (Å²) in [7, 11) is 0. The first-order valence-electron chi connectivity index (χ1n) is 5.58. The number of carbonyl (C=O) groups is 3. The van der Waals surface area contributed by atoms with Gasteiger partial charge < -0.3 is 5.32 Å². The molecule has 0 bridgehead atoms. The minimum absolute atomic E-state index is 0.280. The number of hydrogen-bond acceptors (Lipinski definition) is 3. The molecule has 98 valence electrons. The molecule has 0 atom stereocenters. The van der Waals surface area contributed by atoms with Crippen molar-refractivity contribution in [1.82, 2.24) is 10.2 Å². The molecule has 19 heavy (non-hydrogen) atoms. The summed E-state index contributed by atoms with van der Waals surface area (Å²) < 4.78 is 0.713. The second-order valence-electron chi connectivity index (χ2n) is 3.98. The van der Waals surface area contributed by atoms with E-state index in [4.69, 9.17) is 0 Å². The van der Waals surface area contributed by atoms with Crippen molar-refractivity contribution in [3.05, 3.63) is 46.5 Å². The van der Waals surface area contributed by atoms with Crippen LogP contribution in [0.2, 0.25) is 0 Å². The summed E-state index contributed by atoms with van der Waals surface area (Å²) in [6.45, 7) is 3.49. The molecule has 0 saturated carbocycles. The van der Waals surface area contributed by atoms with Crippen LogP contribution in [-0.2, 0) is 4.79 Å². The maximum Gasteiger partial charge on any atom is 0.262 e. The molecule has 1 aliphatic heterocycles. The minimum Gasteiger partial charge on any atom is -0.351 e. The van der Waals surface area contributed by atoms with Crippen LogP contribution in [0.1, 0.15) is 20.7 Å². The van der Waals surface area contributed by atoms with Gasteiger partial charge in [-0.25, -0.2) is 0 Å². The quantitative estimate of drug-likeness (QED) is 0.672. The molecule has 3 amide bonds. The lowest BCUT2D eigenvalue weighted by molar-refractivity contribution is -0.121. The highest BCUT2D eigenvalue weighted by atomic mass is 79.9. The van der Waals surface area contributed by atoms with Crippen molar-refractivity contribution >= 4 is 33.7 Å². The Bertz CT molecular complexity index is 583. The van der Waals surface area contributed by atoms with Gasteiger partial charge in [-0.05, 0) is 18.2 Å². The Morgan fingerprint density at radius 3 is 2.68 bits per heavy atom. The van der Waals surface area contributed by atoms with Gasteiger partial charge in [0, 0.05) is 11.0 Å². The molecule has 1 aromatic carbocycles. The van der Waals surface area contributed by atoms with Crippen molar-refractivity contribution in [3.63, 3.8) is 0 Å². The van der Waals surface area contributed by atoms with Crippen molar-refractivity contribution in [2.45, 2.75) is 0 Å². The number of nitrogens with one attached hydrogen (secondary N) is 1. The summed E-state index contributed by atoms with van der Waals surface area (Å²) in [5.41, 5.74) is 0.639. The number of benzene rings is 1. The molecule has 0 unspecified atom stereocenters. The molecule has 0 spiro atoms. The highest BCUT2D eigenvalue weighted by Gasteiger charge is 2.36. The first-order chi connectivity index (χ1) is 9.04. The van der Waals surface area contributed by atoms with E-state index in [0.717, 1.165) is 4.90 Å². The molecule has 0 fully saturated rings. The van der Waals surface area contributed by atoms with E-state index >= 15 is 0 Å². The van der Waals surface area contributed by atoms with E-state index in [1.807, 2.05) is 0 Å². The number of fused-ring (bicyclic) bond motifs is 1. The number of rotatable bonds is 4. The minimum atomic E-state index is -0.449. The molecule has 2 rings (SSSR count). The summed E-state index contributed by atoms with van der Waals surface area (Å²) in [4.78, 5) is 36.6. The van der Waals surface area contributed by atoms with Crippen LogP contribution in [0.4, 0.5) is 0 Å². The number of amides is 3. The number of imide groups is 1. The van der Waals surface area contributed by atoms with Gasteiger partial charge in [-0.2, -0.15) is 0 Å². The Morgan fingerprint density at radius 1 is 1.32 bits per heavy atom. The predicted octanol–water partition coefficient (Wildman–Crippen LogP) is 1.35. The van der Waals surface area contributed by atoms with Gasteiger partial charge in [-0.1, -0.05) is 22.0 Å². The van der Waals surface area contributed by atoms with Gasteiger partial charge in [-0.15, -0.1) is 6.58 Å². The average Bonchev–Trinajstić information content (AvgIpc) is 2.61. The van der Waals surface area contributed by atoms with Crippen LogP contribution in [0.15, 0.2) is 35.3 Å². The highest BCUT2D eigenvalue weighted by Crippen LogP contribution is 2.25. The van der Waals surface area contributed by atoms with Crippen LogP contribution < -0.4 is 5.32 Å². The summed E-state index contributed by atoms with van der Waals surface area (Å²) in [5.74, 6) is -1.29. The fourth-order valence-electron chi connectivity index (χ4n) is 1.79. The van der Waals surface area contributed by atoms with Crippen molar-refractivity contribution in [2.24, 2.45) is 0 Å². The fraction of sp³-hybridized carbons (Fsp3) is 0.154. The molecule has 5 nitrogen and oxygen atoms in total. The number of carbonyl (C=O) groups excluding carboxylic acids is 3. The maximum absolute atomic E-state index is 12.1. The van der Waals surface area contributed by atoms with E-state index in [1.54, 1.807) is 18.2 Å². The second kappa shape index (κ2) is 5.36. The third-order valence-electron chi connectivity index (χ3n) is 2.68. The Hall–Kier alpha value is -1.95. The molecule has 0 radical (unpaired) electrons. The molecular weight excluding hydrogens is 312 g/mol. The first kappa shape index (κ1) is 13.5. The Morgan fingerprint density at radius 2 is 2.00 bits per heavy atom. The van der Waals surface area contributed by atoms with Gasteiger partial charge in [0.25, 0.3) is 11.8 Å². The van der Waals surface area contributed by atoms with Crippen molar-refractivity contribution in [3.8, 4) is 0 Å². The third kappa shape index (κ3) is 2.58. The van der Waals surface area contributed by atoms with Gasteiger partial charge in [0.1, 0.15) is 6.54 Å². The first-order valence-corrected chi connectivity index (χ1v) is 6.37. The van der Waals surface area contributed by atoms with E-state index in [0.29, 0.717) is 22.1 Å². The standard InChI is InChI=1S/C13H11BrN2O3/c1-2-5-15-11(17)7-16-12(18)9-4-3-8(14)6-10(9)13(16)19/h2-4,6H,1,5,7H2,(H,15,17). The molecule has 1 aliphatic rings. The zero-order chi connectivity index (χ0) is 14.0. The van der Waals surface area contributed by atoms with Gasteiger partial charge >= 0.3 is 0 Å². The largest absolute Gasteiger partial charge is 0.351 e. The van der Waals surface area contributed by atoms with Gasteiger partial charge in [0.05, 0.1) is 11.1 Å². The van der Waals surface area contributed by atoms with E-state index in [9.17, 15) is 14.4 Å². The van der Waals surface area contributed by atoms with Gasteiger partial charge in [0.2, 0.25) is 5.91 Å². The monoisotopic (exact) mass is 322 g/mol. The van der Waals surface area contributed by atoms with E-state index in [-0.39, 0.29) is 6.54 Å². The van der Waals surface area contributed by atoms with Crippen molar-refractivity contribution in [1.29, 1.82) is 0 Å². The summed E-state index contributed by atoms with van der Waals surface area (Å²) in [6, 6.07) is 4.84. The maximum atomic E-state index is 12.1.